The topological polar surface area (TPSA) is 18.5 Å². The summed E-state index contributed by atoms with van der Waals surface area (Å²) < 4.78 is 11.6. The Morgan fingerprint density at radius 1 is 0.714 bits per heavy atom. The summed E-state index contributed by atoms with van der Waals surface area (Å²) >= 11 is 0. The van der Waals surface area contributed by atoms with Gasteiger partial charge in [-0.25, -0.2) is 0 Å². The molecule has 2 nitrogen and oxygen atoms in total. The highest BCUT2D eigenvalue weighted by Gasteiger charge is 2.34. The van der Waals surface area contributed by atoms with Crippen molar-refractivity contribution in [2.24, 2.45) is 23.7 Å². The fraction of sp³-hybridized carbons (Fsp3) is 1.00. The van der Waals surface area contributed by atoms with Crippen molar-refractivity contribution < 1.29 is 9.47 Å². The van der Waals surface area contributed by atoms with Crippen molar-refractivity contribution in [2.75, 3.05) is 13.2 Å². The van der Waals surface area contributed by atoms with E-state index in [1.807, 2.05) is 0 Å². The van der Waals surface area contributed by atoms with Gasteiger partial charge in [0, 0.05) is 5.92 Å². The highest BCUT2D eigenvalue weighted by molar-refractivity contribution is 4.83. The second-order valence-corrected chi connectivity index (χ2v) is 7.71. The van der Waals surface area contributed by atoms with Gasteiger partial charge >= 0.3 is 0 Å². The predicted molar refractivity (Wildman–Crippen MR) is 86.1 cm³/mol. The molecule has 122 valence electrons. The van der Waals surface area contributed by atoms with Gasteiger partial charge in [-0.3, -0.25) is 0 Å². The molecule has 0 spiro atoms. The number of rotatable bonds is 4. The minimum atomic E-state index is 0.125. The van der Waals surface area contributed by atoms with Crippen LogP contribution in [0.4, 0.5) is 0 Å². The lowest BCUT2D eigenvalue weighted by atomic mass is 9.68. The maximum absolute atomic E-state index is 5.82. The molecule has 0 radical (unpaired) electrons. The van der Waals surface area contributed by atoms with Gasteiger partial charge in [-0.1, -0.05) is 32.6 Å². The van der Waals surface area contributed by atoms with Gasteiger partial charge in [-0.15, -0.1) is 0 Å². The van der Waals surface area contributed by atoms with Crippen molar-refractivity contribution in [1.29, 1.82) is 0 Å². The molecular weight excluding hydrogens is 260 g/mol. The number of hydrogen-bond donors (Lipinski definition) is 0. The summed E-state index contributed by atoms with van der Waals surface area (Å²) in [5.41, 5.74) is 0. The van der Waals surface area contributed by atoms with Crippen molar-refractivity contribution in [3.63, 3.8) is 0 Å². The van der Waals surface area contributed by atoms with Crippen LogP contribution < -0.4 is 0 Å². The zero-order valence-electron chi connectivity index (χ0n) is 13.9. The molecule has 0 atom stereocenters. The summed E-state index contributed by atoms with van der Waals surface area (Å²) in [6.45, 7) is 4.15. The fourth-order valence-electron chi connectivity index (χ4n) is 5.02. The fourth-order valence-corrected chi connectivity index (χ4v) is 5.02. The van der Waals surface area contributed by atoms with E-state index in [1.54, 1.807) is 0 Å². The zero-order valence-corrected chi connectivity index (χ0v) is 13.9. The van der Waals surface area contributed by atoms with E-state index < -0.39 is 0 Å². The van der Waals surface area contributed by atoms with Crippen molar-refractivity contribution in [2.45, 2.75) is 83.8 Å². The molecule has 3 fully saturated rings. The molecule has 2 aliphatic carbocycles. The van der Waals surface area contributed by atoms with Gasteiger partial charge in [0.15, 0.2) is 6.29 Å². The Hall–Kier alpha value is -0.0800. The molecule has 0 bridgehead atoms. The molecule has 2 heteroatoms. The molecule has 21 heavy (non-hydrogen) atoms. The van der Waals surface area contributed by atoms with E-state index >= 15 is 0 Å². The smallest absolute Gasteiger partial charge is 0.160 e. The highest BCUT2D eigenvalue weighted by Crippen LogP contribution is 2.43. The molecular formula is C19H34O2. The van der Waals surface area contributed by atoms with Gasteiger partial charge in [0.05, 0.1) is 13.2 Å². The van der Waals surface area contributed by atoms with Crippen LogP contribution >= 0.6 is 0 Å². The second-order valence-electron chi connectivity index (χ2n) is 7.71. The van der Waals surface area contributed by atoms with Crippen LogP contribution in [0, 0.1) is 23.7 Å². The van der Waals surface area contributed by atoms with Crippen LogP contribution in [0.3, 0.4) is 0 Å². The molecule has 1 heterocycles. The van der Waals surface area contributed by atoms with Gasteiger partial charge in [-0.2, -0.15) is 0 Å². The molecule has 3 rings (SSSR count). The molecule has 0 unspecified atom stereocenters. The quantitative estimate of drug-likeness (QED) is 0.713. The molecule has 0 N–H and O–H groups in total. The Morgan fingerprint density at radius 3 is 1.81 bits per heavy atom. The summed E-state index contributed by atoms with van der Waals surface area (Å²) in [5.74, 6) is 3.77. The van der Waals surface area contributed by atoms with E-state index in [0.717, 1.165) is 37.4 Å². The van der Waals surface area contributed by atoms with Crippen LogP contribution in [-0.4, -0.2) is 19.5 Å². The maximum Gasteiger partial charge on any atom is 0.160 e. The molecule has 1 aliphatic heterocycles. The van der Waals surface area contributed by atoms with E-state index in [4.69, 9.17) is 9.47 Å². The van der Waals surface area contributed by atoms with E-state index in [0.29, 0.717) is 5.92 Å². The molecule has 0 aromatic carbocycles. The van der Waals surface area contributed by atoms with Gasteiger partial charge in [0.2, 0.25) is 0 Å². The molecule has 0 aromatic rings. The Labute approximate surface area is 131 Å². The van der Waals surface area contributed by atoms with E-state index in [9.17, 15) is 0 Å². The van der Waals surface area contributed by atoms with Crippen LogP contribution in [0.1, 0.15) is 77.6 Å². The predicted octanol–water partition coefficient (Wildman–Crippen LogP) is 5.16. The average molecular weight is 294 g/mol. The van der Waals surface area contributed by atoms with Crippen LogP contribution in [0.5, 0.6) is 0 Å². The normalized spacial score (nSPS) is 39.3. The number of ether oxygens (including phenoxy) is 2. The Morgan fingerprint density at radius 2 is 1.24 bits per heavy atom. The third kappa shape index (κ3) is 4.22. The van der Waals surface area contributed by atoms with Gasteiger partial charge in [0.25, 0.3) is 0 Å². The first-order valence-corrected chi connectivity index (χ1v) is 9.60. The monoisotopic (exact) mass is 294 g/mol. The lowest BCUT2D eigenvalue weighted by molar-refractivity contribution is -0.211. The summed E-state index contributed by atoms with van der Waals surface area (Å²) in [6.07, 6.45) is 15.6. The first-order chi connectivity index (χ1) is 10.4. The second kappa shape index (κ2) is 7.97. The molecule has 2 saturated carbocycles. The van der Waals surface area contributed by atoms with Crippen LogP contribution in [-0.2, 0) is 9.47 Å². The van der Waals surface area contributed by atoms with Crippen LogP contribution in [0.2, 0.25) is 0 Å². The molecule has 0 aromatic heterocycles. The van der Waals surface area contributed by atoms with Crippen LogP contribution in [0.15, 0.2) is 0 Å². The zero-order chi connectivity index (χ0) is 14.5. The Bertz CT molecular complexity index is 282. The van der Waals surface area contributed by atoms with Gasteiger partial charge in [-0.05, 0) is 62.7 Å². The third-order valence-corrected chi connectivity index (χ3v) is 6.31. The summed E-state index contributed by atoms with van der Waals surface area (Å²) in [6, 6.07) is 0. The first kappa shape index (κ1) is 15.8. The summed E-state index contributed by atoms with van der Waals surface area (Å²) in [7, 11) is 0. The lowest BCUT2D eigenvalue weighted by Gasteiger charge is -2.40. The third-order valence-electron chi connectivity index (χ3n) is 6.31. The minimum Gasteiger partial charge on any atom is -0.352 e. The van der Waals surface area contributed by atoms with Crippen LogP contribution in [0.25, 0.3) is 0 Å². The maximum atomic E-state index is 5.82. The van der Waals surface area contributed by atoms with Crippen molar-refractivity contribution in [3.05, 3.63) is 0 Å². The lowest BCUT2D eigenvalue weighted by Crippen LogP contribution is -2.36. The first-order valence-electron chi connectivity index (χ1n) is 9.60. The standard InChI is InChI=1S/C19H34O2/c1-2-4-15-5-7-16(8-6-15)17-9-11-18(12-10-17)19-20-13-3-14-21-19/h15-19H,2-14H2,1H3. The molecule has 1 saturated heterocycles. The highest BCUT2D eigenvalue weighted by atomic mass is 16.7. The van der Waals surface area contributed by atoms with Gasteiger partial charge < -0.3 is 9.47 Å². The van der Waals surface area contributed by atoms with Crippen molar-refractivity contribution in [3.8, 4) is 0 Å². The Balaban J connectivity index is 1.39. The largest absolute Gasteiger partial charge is 0.352 e. The minimum absolute atomic E-state index is 0.125. The van der Waals surface area contributed by atoms with E-state index in [1.165, 1.54) is 64.2 Å². The van der Waals surface area contributed by atoms with Gasteiger partial charge in [0.1, 0.15) is 0 Å². The van der Waals surface area contributed by atoms with E-state index in [2.05, 4.69) is 6.92 Å². The van der Waals surface area contributed by atoms with Crippen molar-refractivity contribution in [1.82, 2.24) is 0 Å². The summed E-state index contributed by atoms with van der Waals surface area (Å²) in [5, 5.41) is 0. The van der Waals surface area contributed by atoms with E-state index in [-0.39, 0.29) is 6.29 Å². The Kier molecular flexibility index (Phi) is 5.99. The molecule has 3 aliphatic rings. The molecule has 0 amide bonds. The SMILES string of the molecule is CCCC1CCC(C2CCC(C3OCCCO3)CC2)CC1. The van der Waals surface area contributed by atoms with Crippen molar-refractivity contribution >= 4 is 0 Å². The number of hydrogen-bond acceptors (Lipinski definition) is 2. The summed E-state index contributed by atoms with van der Waals surface area (Å²) in [4.78, 5) is 0. The average Bonchev–Trinajstić information content (AvgIpc) is 2.57.